The highest BCUT2D eigenvalue weighted by molar-refractivity contribution is 14.1. The monoisotopic (exact) mass is 388 g/mol. The molecule has 0 radical (unpaired) electrons. The fraction of sp³-hybridized carbons (Fsp3) is 0.533. The number of amides is 1. The summed E-state index contributed by atoms with van der Waals surface area (Å²) in [5.41, 5.74) is 0.0730. The maximum atomic E-state index is 12.4. The van der Waals surface area contributed by atoms with E-state index >= 15 is 0 Å². The Hall–Kier alpha value is -0.660. The predicted octanol–water partition coefficient (Wildman–Crippen LogP) is 1.82. The van der Waals surface area contributed by atoms with Gasteiger partial charge in [-0.05, 0) is 60.7 Å². The van der Waals surface area contributed by atoms with Gasteiger partial charge in [-0.3, -0.25) is 9.69 Å². The lowest BCUT2D eigenvalue weighted by Gasteiger charge is -2.37. The molecule has 0 unspecified atom stereocenters. The Morgan fingerprint density at radius 3 is 2.25 bits per heavy atom. The average Bonchev–Trinajstić information content (AvgIpc) is 2.38. The van der Waals surface area contributed by atoms with Crippen molar-refractivity contribution in [3.8, 4) is 0 Å². The molecule has 1 heterocycles. The van der Waals surface area contributed by atoms with Crippen molar-refractivity contribution in [3.63, 3.8) is 0 Å². The number of carbonyl (C=O) groups is 1. The molecule has 5 heteroatoms. The molecule has 110 valence electrons. The third kappa shape index (κ3) is 4.43. The molecule has 0 bridgehead atoms. The first-order valence-corrected chi connectivity index (χ1v) is 7.93. The van der Waals surface area contributed by atoms with E-state index in [0.29, 0.717) is 6.54 Å². The third-order valence-electron chi connectivity index (χ3n) is 3.36. The van der Waals surface area contributed by atoms with Gasteiger partial charge in [0.05, 0.1) is 5.60 Å². The molecule has 1 aliphatic heterocycles. The van der Waals surface area contributed by atoms with E-state index in [9.17, 15) is 9.90 Å². The lowest BCUT2D eigenvalue weighted by molar-refractivity contribution is 0.0178. The van der Waals surface area contributed by atoms with Gasteiger partial charge in [-0.2, -0.15) is 0 Å². The smallest absolute Gasteiger partial charge is 0.253 e. The van der Waals surface area contributed by atoms with E-state index < -0.39 is 5.60 Å². The molecule has 1 amide bonds. The number of rotatable bonds is 3. The van der Waals surface area contributed by atoms with E-state index in [1.165, 1.54) is 0 Å². The zero-order valence-electron chi connectivity index (χ0n) is 12.0. The summed E-state index contributed by atoms with van der Waals surface area (Å²) in [4.78, 5) is 16.5. The van der Waals surface area contributed by atoms with Crippen molar-refractivity contribution in [1.29, 1.82) is 0 Å². The van der Waals surface area contributed by atoms with Crippen LogP contribution in [-0.2, 0) is 0 Å². The number of nitrogens with zero attached hydrogens (tertiary/aromatic N) is 2. The Balaban J connectivity index is 1.90. The molecule has 0 atom stereocenters. The minimum Gasteiger partial charge on any atom is -0.389 e. The molecule has 0 aromatic heterocycles. The van der Waals surface area contributed by atoms with Crippen LogP contribution in [0.2, 0.25) is 0 Å². The van der Waals surface area contributed by atoms with Crippen LogP contribution in [0, 0.1) is 3.57 Å². The Bertz CT molecular complexity index is 460. The Morgan fingerprint density at radius 2 is 1.75 bits per heavy atom. The van der Waals surface area contributed by atoms with E-state index in [2.05, 4.69) is 27.5 Å². The van der Waals surface area contributed by atoms with Crippen molar-refractivity contribution in [2.45, 2.75) is 19.4 Å². The van der Waals surface area contributed by atoms with Crippen molar-refractivity contribution >= 4 is 28.5 Å². The number of aliphatic hydroxyl groups is 1. The molecule has 1 fully saturated rings. The fourth-order valence-electron chi connectivity index (χ4n) is 2.43. The highest BCUT2D eigenvalue weighted by Gasteiger charge is 2.25. The number of benzene rings is 1. The molecule has 0 saturated carbocycles. The van der Waals surface area contributed by atoms with Crippen LogP contribution in [0.5, 0.6) is 0 Å². The summed E-state index contributed by atoms with van der Waals surface area (Å²) >= 11 is 2.23. The Kier molecular flexibility index (Phi) is 5.04. The quantitative estimate of drug-likeness (QED) is 0.804. The number of halogens is 1. The summed E-state index contributed by atoms with van der Waals surface area (Å²) < 4.78 is 1.13. The van der Waals surface area contributed by atoms with E-state index in [1.54, 1.807) is 0 Å². The molecule has 1 saturated heterocycles. The summed E-state index contributed by atoms with van der Waals surface area (Å²) in [5.74, 6) is 0.101. The zero-order valence-corrected chi connectivity index (χ0v) is 14.1. The van der Waals surface area contributed by atoms with Gasteiger partial charge in [0, 0.05) is 41.9 Å². The van der Waals surface area contributed by atoms with E-state index in [-0.39, 0.29) is 5.91 Å². The van der Waals surface area contributed by atoms with Crippen LogP contribution in [0.3, 0.4) is 0 Å². The van der Waals surface area contributed by atoms with Crippen molar-refractivity contribution < 1.29 is 9.90 Å². The van der Waals surface area contributed by atoms with Crippen molar-refractivity contribution in [1.82, 2.24) is 9.80 Å². The van der Waals surface area contributed by atoms with Crippen LogP contribution < -0.4 is 0 Å². The van der Waals surface area contributed by atoms with Gasteiger partial charge >= 0.3 is 0 Å². The summed E-state index contributed by atoms with van der Waals surface area (Å²) in [5, 5.41) is 9.83. The van der Waals surface area contributed by atoms with Gasteiger partial charge in [-0.1, -0.05) is 0 Å². The number of β-amino-alcohol motifs (C(OH)–C–C–N with tert-alkyl or cyclic N) is 1. The van der Waals surface area contributed by atoms with Crippen LogP contribution in [0.25, 0.3) is 0 Å². The molecular formula is C15H21IN2O2. The summed E-state index contributed by atoms with van der Waals surface area (Å²) in [6, 6.07) is 7.68. The van der Waals surface area contributed by atoms with Crippen LogP contribution in [0.1, 0.15) is 24.2 Å². The SMILES string of the molecule is CC(C)(O)CN1CCN(C(=O)c2ccc(I)cc2)CC1. The molecule has 0 spiro atoms. The van der Waals surface area contributed by atoms with E-state index in [1.807, 2.05) is 43.0 Å². The van der Waals surface area contributed by atoms with Crippen LogP contribution in [0.15, 0.2) is 24.3 Å². The minimum atomic E-state index is -0.678. The van der Waals surface area contributed by atoms with Gasteiger partial charge < -0.3 is 10.0 Å². The third-order valence-corrected chi connectivity index (χ3v) is 4.08. The second-order valence-electron chi connectivity index (χ2n) is 5.89. The van der Waals surface area contributed by atoms with Gasteiger partial charge in [-0.25, -0.2) is 0 Å². The first-order valence-electron chi connectivity index (χ1n) is 6.85. The van der Waals surface area contributed by atoms with Crippen molar-refractivity contribution in [3.05, 3.63) is 33.4 Å². The summed E-state index contributed by atoms with van der Waals surface area (Å²) in [6.45, 7) is 7.37. The van der Waals surface area contributed by atoms with Gasteiger partial charge in [0.1, 0.15) is 0 Å². The molecule has 1 N–H and O–H groups in total. The fourth-order valence-corrected chi connectivity index (χ4v) is 2.79. The van der Waals surface area contributed by atoms with Crippen molar-refractivity contribution in [2.75, 3.05) is 32.7 Å². The Labute approximate surface area is 133 Å². The molecule has 1 aromatic carbocycles. The van der Waals surface area contributed by atoms with Gasteiger partial charge in [-0.15, -0.1) is 0 Å². The summed E-state index contributed by atoms with van der Waals surface area (Å²) in [6.07, 6.45) is 0. The molecular weight excluding hydrogens is 367 g/mol. The Morgan fingerprint density at radius 1 is 1.20 bits per heavy atom. The van der Waals surface area contributed by atoms with Gasteiger partial charge in [0.25, 0.3) is 5.91 Å². The van der Waals surface area contributed by atoms with Gasteiger partial charge in [0.2, 0.25) is 0 Å². The summed E-state index contributed by atoms with van der Waals surface area (Å²) in [7, 11) is 0. The average molecular weight is 388 g/mol. The normalized spacial score (nSPS) is 17.3. The minimum absolute atomic E-state index is 0.101. The second-order valence-corrected chi connectivity index (χ2v) is 7.13. The first kappa shape index (κ1) is 15.7. The topological polar surface area (TPSA) is 43.8 Å². The molecule has 1 aliphatic rings. The second kappa shape index (κ2) is 6.41. The maximum absolute atomic E-state index is 12.4. The van der Waals surface area contributed by atoms with Crippen LogP contribution in [-0.4, -0.2) is 59.1 Å². The van der Waals surface area contributed by atoms with E-state index in [4.69, 9.17) is 0 Å². The first-order chi connectivity index (χ1) is 9.35. The van der Waals surface area contributed by atoms with Crippen molar-refractivity contribution in [2.24, 2.45) is 0 Å². The lowest BCUT2D eigenvalue weighted by Crippen LogP contribution is -2.51. The number of hydrogen-bond acceptors (Lipinski definition) is 3. The maximum Gasteiger partial charge on any atom is 0.253 e. The van der Waals surface area contributed by atoms with Gasteiger partial charge in [0.15, 0.2) is 0 Å². The lowest BCUT2D eigenvalue weighted by atomic mass is 10.1. The number of hydrogen-bond donors (Lipinski definition) is 1. The largest absolute Gasteiger partial charge is 0.389 e. The predicted molar refractivity (Wildman–Crippen MR) is 87.8 cm³/mol. The standard InChI is InChI=1S/C15H21IN2O2/c1-15(2,20)11-17-7-9-18(10-8-17)14(19)12-3-5-13(16)6-4-12/h3-6,20H,7-11H2,1-2H3. The van der Waals surface area contributed by atoms with Crippen LogP contribution >= 0.6 is 22.6 Å². The zero-order chi connectivity index (χ0) is 14.8. The number of carbonyl (C=O) groups excluding carboxylic acids is 1. The highest BCUT2D eigenvalue weighted by Crippen LogP contribution is 2.13. The number of piperazine rings is 1. The van der Waals surface area contributed by atoms with E-state index in [0.717, 1.165) is 35.3 Å². The highest BCUT2D eigenvalue weighted by atomic mass is 127. The molecule has 2 rings (SSSR count). The molecule has 0 aliphatic carbocycles. The van der Waals surface area contributed by atoms with Crippen LogP contribution in [0.4, 0.5) is 0 Å². The molecule has 4 nitrogen and oxygen atoms in total. The molecule has 20 heavy (non-hydrogen) atoms. The molecule has 1 aromatic rings.